The average molecular weight is 205 g/mol. The predicted molar refractivity (Wildman–Crippen MR) is 53.6 cm³/mol. The molecule has 1 aromatic rings. The molecule has 78 valence electrons. The third kappa shape index (κ3) is 1.42. The van der Waals surface area contributed by atoms with E-state index in [4.69, 9.17) is 4.74 Å². The number of rotatable bonds is 2. The number of halogens is 1. The number of ether oxygens (including phenoxy) is 1. The van der Waals surface area contributed by atoms with Crippen molar-refractivity contribution in [3.05, 3.63) is 35.1 Å². The molecule has 0 fully saturated rings. The van der Waals surface area contributed by atoms with Gasteiger partial charge in [0.15, 0.2) is 5.60 Å². The number of nitrogens with zero attached hydrogens (tertiary/aromatic N) is 1. The van der Waals surface area contributed by atoms with Crippen LogP contribution >= 0.6 is 0 Å². The van der Waals surface area contributed by atoms with Crippen molar-refractivity contribution in [1.82, 2.24) is 0 Å². The Labute approximate surface area is 88.3 Å². The summed E-state index contributed by atoms with van der Waals surface area (Å²) < 4.78 is 18.9. The maximum absolute atomic E-state index is 13.4. The van der Waals surface area contributed by atoms with Gasteiger partial charge in [-0.2, -0.15) is 5.26 Å². The largest absolute Gasteiger partial charge is 0.356 e. The smallest absolute Gasteiger partial charge is 0.180 e. The van der Waals surface area contributed by atoms with E-state index in [1.807, 2.05) is 6.92 Å². The summed E-state index contributed by atoms with van der Waals surface area (Å²) in [7, 11) is 0. The molecule has 15 heavy (non-hydrogen) atoms. The zero-order valence-electron chi connectivity index (χ0n) is 8.59. The molecule has 0 spiro atoms. The van der Waals surface area contributed by atoms with Crippen molar-refractivity contribution in [2.45, 2.75) is 25.4 Å². The molecular formula is C12H12FNO. The summed E-state index contributed by atoms with van der Waals surface area (Å²) in [5.74, 6) is -0.232. The Bertz CT molecular complexity index is 424. The third-order valence-electron chi connectivity index (χ3n) is 2.85. The molecule has 0 N–H and O–H groups in total. The topological polar surface area (TPSA) is 33.0 Å². The van der Waals surface area contributed by atoms with Crippen LogP contribution in [0.1, 0.15) is 24.5 Å². The second-order valence-corrected chi connectivity index (χ2v) is 3.64. The summed E-state index contributed by atoms with van der Waals surface area (Å²) in [5, 5.41) is 9.19. The highest BCUT2D eigenvalue weighted by molar-refractivity contribution is 5.42. The van der Waals surface area contributed by atoms with E-state index in [9.17, 15) is 9.65 Å². The zero-order valence-corrected chi connectivity index (χ0v) is 8.59. The van der Waals surface area contributed by atoms with Gasteiger partial charge in [0.1, 0.15) is 11.9 Å². The highest BCUT2D eigenvalue weighted by Gasteiger charge is 2.40. The van der Waals surface area contributed by atoms with E-state index in [0.717, 1.165) is 0 Å². The molecule has 1 aliphatic rings. The summed E-state index contributed by atoms with van der Waals surface area (Å²) >= 11 is 0. The fourth-order valence-electron chi connectivity index (χ4n) is 2.17. The van der Waals surface area contributed by atoms with Crippen molar-refractivity contribution in [3.63, 3.8) is 0 Å². The van der Waals surface area contributed by atoms with E-state index >= 15 is 0 Å². The van der Waals surface area contributed by atoms with Gasteiger partial charge in [0.2, 0.25) is 0 Å². The first kappa shape index (κ1) is 10.1. The van der Waals surface area contributed by atoms with E-state index in [2.05, 4.69) is 6.07 Å². The normalized spacial score (nSPS) is 23.5. The number of benzene rings is 1. The first-order valence-corrected chi connectivity index (χ1v) is 5.06. The standard InChI is InChI=1S/C12H12FNO/c1-2-15-12(8-14)7-6-9-10(12)4-3-5-11(9)13/h3-5H,2,6-7H2,1H3. The summed E-state index contributed by atoms with van der Waals surface area (Å²) in [4.78, 5) is 0. The molecule has 0 saturated carbocycles. The van der Waals surface area contributed by atoms with Crippen molar-refractivity contribution < 1.29 is 9.13 Å². The van der Waals surface area contributed by atoms with Crippen LogP contribution in [0.4, 0.5) is 4.39 Å². The summed E-state index contributed by atoms with van der Waals surface area (Å²) in [6, 6.07) is 7.01. The van der Waals surface area contributed by atoms with Crippen LogP contribution in [0.2, 0.25) is 0 Å². The van der Waals surface area contributed by atoms with Gasteiger partial charge in [-0.05, 0) is 31.4 Å². The molecule has 2 nitrogen and oxygen atoms in total. The maximum Gasteiger partial charge on any atom is 0.180 e. The lowest BCUT2D eigenvalue weighted by molar-refractivity contribution is 0.00330. The molecule has 0 aliphatic heterocycles. The molecule has 1 aliphatic carbocycles. The van der Waals surface area contributed by atoms with Gasteiger partial charge < -0.3 is 4.74 Å². The number of fused-ring (bicyclic) bond motifs is 1. The molecule has 0 amide bonds. The van der Waals surface area contributed by atoms with E-state index in [-0.39, 0.29) is 5.82 Å². The molecule has 1 unspecified atom stereocenters. The van der Waals surface area contributed by atoms with Gasteiger partial charge in [-0.15, -0.1) is 0 Å². The second kappa shape index (κ2) is 3.63. The van der Waals surface area contributed by atoms with Gasteiger partial charge in [-0.25, -0.2) is 4.39 Å². The molecule has 0 saturated heterocycles. The Hall–Kier alpha value is -1.40. The van der Waals surface area contributed by atoms with Crippen LogP contribution < -0.4 is 0 Å². The Morgan fingerprint density at radius 3 is 3.07 bits per heavy atom. The van der Waals surface area contributed by atoms with Gasteiger partial charge in [-0.1, -0.05) is 12.1 Å². The highest BCUT2D eigenvalue weighted by atomic mass is 19.1. The molecule has 0 bridgehead atoms. The summed E-state index contributed by atoms with van der Waals surface area (Å²) in [5.41, 5.74) is 0.408. The van der Waals surface area contributed by atoms with Crippen LogP contribution in [0.15, 0.2) is 18.2 Å². The van der Waals surface area contributed by atoms with E-state index in [1.54, 1.807) is 12.1 Å². The predicted octanol–water partition coefficient (Wildman–Crippen LogP) is 2.53. The van der Waals surface area contributed by atoms with Gasteiger partial charge in [0.05, 0.1) is 0 Å². The van der Waals surface area contributed by atoms with Crippen LogP contribution in [0, 0.1) is 17.1 Å². The van der Waals surface area contributed by atoms with Gasteiger partial charge in [0.25, 0.3) is 0 Å². The average Bonchev–Trinajstić information content (AvgIpc) is 2.61. The van der Waals surface area contributed by atoms with E-state index in [1.165, 1.54) is 6.07 Å². The monoisotopic (exact) mass is 205 g/mol. The van der Waals surface area contributed by atoms with Crippen LogP contribution in [0.5, 0.6) is 0 Å². The van der Waals surface area contributed by atoms with Gasteiger partial charge in [0, 0.05) is 12.2 Å². The molecule has 3 heteroatoms. The van der Waals surface area contributed by atoms with Crippen LogP contribution in [0.3, 0.4) is 0 Å². The number of hydrogen-bond acceptors (Lipinski definition) is 2. The molecule has 2 rings (SSSR count). The Morgan fingerprint density at radius 1 is 1.60 bits per heavy atom. The Balaban J connectivity index is 2.52. The Morgan fingerprint density at radius 2 is 2.40 bits per heavy atom. The van der Waals surface area contributed by atoms with Gasteiger partial charge in [-0.3, -0.25) is 0 Å². The van der Waals surface area contributed by atoms with Gasteiger partial charge >= 0.3 is 0 Å². The molecule has 0 aromatic heterocycles. The fourth-order valence-corrected chi connectivity index (χ4v) is 2.17. The molecule has 1 atom stereocenters. The summed E-state index contributed by atoms with van der Waals surface area (Å²) in [6.07, 6.45) is 1.13. The highest BCUT2D eigenvalue weighted by Crippen LogP contribution is 2.40. The molecule has 1 aromatic carbocycles. The van der Waals surface area contributed by atoms with Crippen molar-refractivity contribution in [2.75, 3.05) is 6.61 Å². The summed E-state index contributed by atoms with van der Waals surface area (Å²) in [6.45, 7) is 2.31. The minimum atomic E-state index is -0.924. The lowest BCUT2D eigenvalue weighted by atomic mass is 9.97. The zero-order chi connectivity index (χ0) is 10.9. The minimum absolute atomic E-state index is 0.232. The second-order valence-electron chi connectivity index (χ2n) is 3.64. The van der Waals surface area contributed by atoms with Crippen molar-refractivity contribution >= 4 is 0 Å². The SMILES string of the molecule is CCOC1(C#N)CCc2c(F)cccc21. The third-order valence-corrected chi connectivity index (χ3v) is 2.85. The first-order valence-electron chi connectivity index (χ1n) is 5.06. The van der Waals surface area contributed by atoms with Crippen molar-refractivity contribution in [3.8, 4) is 6.07 Å². The Kier molecular flexibility index (Phi) is 2.45. The molecular weight excluding hydrogens is 193 g/mol. The minimum Gasteiger partial charge on any atom is -0.356 e. The van der Waals surface area contributed by atoms with Crippen LogP contribution in [-0.2, 0) is 16.8 Å². The van der Waals surface area contributed by atoms with Crippen LogP contribution in [0.25, 0.3) is 0 Å². The maximum atomic E-state index is 13.4. The van der Waals surface area contributed by atoms with Crippen molar-refractivity contribution in [2.24, 2.45) is 0 Å². The number of nitriles is 1. The number of hydrogen-bond donors (Lipinski definition) is 0. The van der Waals surface area contributed by atoms with E-state index < -0.39 is 5.60 Å². The lowest BCUT2D eigenvalue weighted by Gasteiger charge is -2.21. The van der Waals surface area contributed by atoms with Crippen LogP contribution in [-0.4, -0.2) is 6.61 Å². The quantitative estimate of drug-likeness (QED) is 0.743. The molecule has 0 heterocycles. The molecule has 0 radical (unpaired) electrons. The van der Waals surface area contributed by atoms with E-state index in [0.29, 0.717) is 30.6 Å². The fraction of sp³-hybridized carbons (Fsp3) is 0.417. The lowest BCUT2D eigenvalue weighted by Crippen LogP contribution is -2.24. The first-order chi connectivity index (χ1) is 7.23. The van der Waals surface area contributed by atoms with Crippen molar-refractivity contribution in [1.29, 1.82) is 5.26 Å².